The molecule has 1 aromatic rings. The van der Waals surface area contributed by atoms with E-state index in [0.29, 0.717) is 6.54 Å². The molecular formula is C10H16N2O3. The van der Waals surface area contributed by atoms with Crippen LogP contribution in [0.3, 0.4) is 0 Å². The summed E-state index contributed by atoms with van der Waals surface area (Å²) in [6.45, 7) is 2.46. The van der Waals surface area contributed by atoms with Gasteiger partial charge in [-0.05, 0) is 19.1 Å². The third-order valence-corrected chi connectivity index (χ3v) is 1.51. The summed E-state index contributed by atoms with van der Waals surface area (Å²) in [6.07, 6.45) is 0. The highest BCUT2D eigenvalue weighted by atomic mass is 16.4. The third kappa shape index (κ3) is 5.66. The first kappa shape index (κ1) is 13.4. The predicted octanol–water partition coefficient (Wildman–Crippen LogP) is 0.383. The summed E-state index contributed by atoms with van der Waals surface area (Å²) in [5, 5.41) is 17.3. The van der Waals surface area contributed by atoms with Crippen LogP contribution in [0.4, 0.5) is 0 Å². The molecule has 0 saturated heterocycles. The number of nitrogens with two attached hydrogens (primary N) is 2. The van der Waals surface area contributed by atoms with Gasteiger partial charge in [0, 0.05) is 12.6 Å². The first-order valence-electron chi connectivity index (χ1n) is 4.46. The Labute approximate surface area is 88.3 Å². The summed E-state index contributed by atoms with van der Waals surface area (Å²) in [5.74, 6) is -1.31. The molecular weight excluding hydrogens is 196 g/mol. The highest BCUT2D eigenvalue weighted by molar-refractivity contribution is 5.90. The number of hydrogen-bond acceptors (Lipinski definition) is 4. The van der Waals surface area contributed by atoms with Crippen molar-refractivity contribution in [2.24, 2.45) is 11.5 Å². The van der Waals surface area contributed by atoms with Gasteiger partial charge in [-0.15, -0.1) is 0 Å². The van der Waals surface area contributed by atoms with Gasteiger partial charge in [0.25, 0.3) is 0 Å². The van der Waals surface area contributed by atoms with Gasteiger partial charge in [-0.3, -0.25) is 0 Å². The number of benzene rings is 1. The first-order chi connectivity index (χ1) is 6.99. The fourth-order valence-electron chi connectivity index (χ4n) is 0.654. The third-order valence-electron chi connectivity index (χ3n) is 1.51. The van der Waals surface area contributed by atoms with Crippen LogP contribution < -0.4 is 11.5 Å². The van der Waals surface area contributed by atoms with Gasteiger partial charge in [0.05, 0.1) is 0 Å². The lowest BCUT2D eigenvalue weighted by Gasteiger charge is -1.95. The smallest absolute Gasteiger partial charge is 0.339 e. The minimum atomic E-state index is -1.11. The van der Waals surface area contributed by atoms with Gasteiger partial charge in [-0.25, -0.2) is 4.79 Å². The van der Waals surface area contributed by atoms with Crippen LogP contribution in [0.2, 0.25) is 0 Å². The molecule has 84 valence electrons. The van der Waals surface area contributed by atoms with Crippen molar-refractivity contribution in [3.8, 4) is 5.75 Å². The van der Waals surface area contributed by atoms with Crippen molar-refractivity contribution in [2.45, 2.75) is 13.0 Å². The van der Waals surface area contributed by atoms with E-state index in [4.69, 9.17) is 21.7 Å². The van der Waals surface area contributed by atoms with Crippen molar-refractivity contribution >= 4 is 5.97 Å². The summed E-state index contributed by atoms with van der Waals surface area (Å²) in [5.41, 5.74) is 10.1. The number of para-hydroxylation sites is 1. The average molecular weight is 212 g/mol. The standard InChI is InChI=1S/C7H6O3.C3H10N2/c8-6-4-2-1-3-5(6)7(9)10;1-3(5)2-4/h1-4,8H,(H,9,10);3H,2,4-5H2,1H3. The number of carboxylic acid groups (broad SMARTS) is 1. The van der Waals surface area contributed by atoms with Crippen LogP contribution in [-0.4, -0.2) is 28.8 Å². The molecule has 5 heteroatoms. The van der Waals surface area contributed by atoms with E-state index in [1.165, 1.54) is 12.1 Å². The fraction of sp³-hybridized carbons (Fsp3) is 0.300. The summed E-state index contributed by atoms with van der Waals surface area (Å²) < 4.78 is 0. The van der Waals surface area contributed by atoms with Crippen LogP contribution in [0.5, 0.6) is 5.75 Å². The first-order valence-corrected chi connectivity index (χ1v) is 4.46. The number of carbonyl (C=O) groups is 1. The Morgan fingerprint density at radius 2 is 1.93 bits per heavy atom. The fourth-order valence-corrected chi connectivity index (χ4v) is 0.654. The zero-order valence-corrected chi connectivity index (χ0v) is 8.55. The number of aromatic hydroxyl groups is 1. The van der Waals surface area contributed by atoms with Crippen LogP contribution in [0.25, 0.3) is 0 Å². The van der Waals surface area contributed by atoms with Gasteiger partial charge in [-0.2, -0.15) is 0 Å². The quantitative estimate of drug-likeness (QED) is 0.566. The van der Waals surface area contributed by atoms with Crippen molar-refractivity contribution in [3.63, 3.8) is 0 Å². The second-order valence-electron chi connectivity index (χ2n) is 3.04. The molecule has 1 rings (SSSR count). The molecule has 0 spiro atoms. The molecule has 1 unspecified atom stereocenters. The van der Waals surface area contributed by atoms with Crippen LogP contribution in [-0.2, 0) is 0 Å². The number of rotatable bonds is 2. The normalized spacial score (nSPS) is 11.1. The van der Waals surface area contributed by atoms with E-state index in [2.05, 4.69) is 0 Å². The molecule has 1 aromatic carbocycles. The SMILES string of the molecule is CC(N)CN.O=C(O)c1ccccc1O. The molecule has 0 fully saturated rings. The molecule has 0 aliphatic carbocycles. The van der Waals surface area contributed by atoms with Crippen LogP contribution in [0.15, 0.2) is 24.3 Å². The predicted molar refractivity (Wildman–Crippen MR) is 57.8 cm³/mol. The van der Waals surface area contributed by atoms with E-state index in [1.54, 1.807) is 12.1 Å². The van der Waals surface area contributed by atoms with Gasteiger partial charge in [0.1, 0.15) is 11.3 Å². The molecule has 15 heavy (non-hydrogen) atoms. The molecule has 0 bridgehead atoms. The Morgan fingerprint density at radius 3 is 2.20 bits per heavy atom. The Bertz CT molecular complexity index is 313. The monoisotopic (exact) mass is 212 g/mol. The molecule has 0 heterocycles. The minimum absolute atomic E-state index is 0.0671. The lowest BCUT2D eigenvalue weighted by Crippen LogP contribution is -2.25. The van der Waals surface area contributed by atoms with Crippen molar-refractivity contribution < 1.29 is 15.0 Å². The van der Waals surface area contributed by atoms with E-state index in [-0.39, 0.29) is 17.4 Å². The largest absolute Gasteiger partial charge is 0.507 e. The Morgan fingerprint density at radius 1 is 1.47 bits per heavy atom. The van der Waals surface area contributed by atoms with Crippen LogP contribution >= 0.6 is 0 Å². The molecule has 0 radical (unpaired) electrons. The van der Waals surface area contributed by atoms with Gasteiger partial charge in [0.15, 0.2) is 0 Å². The zero-order chi connectivity index (χ0) is 11.8. The number of phenols is 1. The lowest BCUT2D eigenvalue weighted by atomic mass is 10.2. The van der Waals surface area contributed by atoms with Gasteiger partial charge >= 0.3 is 5.97 Å². The average Bonchev–Trinajstić information content (AvgIpc) is 2.19. The molecule has 0 aliphatic heterocycles. The maximum Gasteiger partial charge on any atom is 0.339 e. The van der Waals surface area contributed by atoms with Gasteiger partial charge in [-0.1, -0.05) is 12.1 Å². The Balaban J connectivity index is 0.000000336. The second-order valence-corrected chi connectivity index (χ2v) is 3.04. The van der Waals surface area contributed by atoms with Crippen molar-refractivity contribution in [3.05, 3.63) is 29.8 Å². The van der Waals surface area contributed by atoms with E-state index < -0.39 is 5.97 Å². The summed E-state index contributed by atoms with van der Waals surface area (Å²) in [6, 6.07) is 5.97. The molecule has 6 N–H and O–H groups in total. The summed E-state index contributed by atoms with van der Waals surface area (Å²) >= 11 is 0. The highest BCUT2D eigenvalue weighted by Crippen LogP contribution is 2.14. The van der Waals surface area contributed by atoms with E-state index in [9.17, 15) is 4.79 Å². The van der Waals surface area contributed by atoms with E-state index in [1.807, 2.05) is 6.92 Å². The topological polar surface area (TPSA) is 110 Å². The number of carboxylic acids is 1. The molecule has 5 nitrogen and oxygen atoms in total. The summed E-state index contributed by atoms with van der Waals surface area (Å²) in [7, 11) is 0. The molecule has 0 amide bonds. The molecule has 0 aromatic heterocycles. The van der Waals surface area contributed by atoms with Crippen LogP contribution in [0.1, 0.15) is 17.3 Å². The van der Waals surface area contributed by atoms with Crippen molar-refractivity contribution in [2.75, 3.05) is 6.54 Å². The Hall–Kier alpha value is -1.59. The number of aromatic carboxylic acids is 1. The van der Waals surface area contributed by atoms with Gasteiger partial charge < -0.3 is 21.7 Å². The van der Waals surface area contributed by atoms with E-state index in [0.717, 1.165) is 0 Å². The molecule has 1 atom stereocenters. The van der Waals surface area contributed by atoms with Gasteiger partial charge in [0.2, 0.25) is 0 Å². The molecule has 0 aliphatic rings. The van der Waals surface area contributed by atoms with Crippen LogP contribution in [0, 0.1) is 0 Å². The highest BCUT2D eigenvalue weighted by Gasteiger charge is 2.05. The summed E-state index contributed by atoms with van der Waals surface area (Å²) in [4.78, 5) is 10.3. The maximum absolute atomic E-state index is 10.3. The maximum atomic E-state index is 10.3. The van der Waals surface area contributed by atoms with E-state index >= 15 is 0 Å². The second kappa shape index (κ2) is 6.80. The van der Waals surface area contributed by atoms with Crippen molar-refractivity contribution in [1.82, 2.24) is 0 Å². The van der Waals surface area contributed by atoms with Crippen molar-refractivity contribution in [1.29, 1.82) is 0 Å². The Kier molecular flexibility index (Phi) is 6.08. The zero-order valence-electron chi connectivity index (χ0n) is 8.55. The molecule has 0 saturated carbocycles. The minimum Gasteiger partial charge on any atom is -0.507 e. The number of hydrogen-bond donors (Lipinski definition) is 4. The lowest BCUT2D eigenvalue weighted by molar-refractivity contribution is 0.0694.